The van der Waals surface area contributed by atoms with Gasteiger partial charge in [-0.2, -0.15) is 13.2 Å². The molecular formula is C11H12F3NO2S. The summed E-state index contributed by atoms with van der Waals surface area (Å²) in [6.45, 7) is 1.60. The summed E-state index contributed by atoms with van der Waals surface area (Å²) >= 11 is -0.180. The van der Waals surface area contributed by atoms with Crippen LogP contribution in [0.2, 0.25) is 0 Å². The van der Waals surface area contributed by atoms with Crippen molar-refractivity contribution in [2.45, 2.75) is 23.4 Å². The van der Waals surface area contributed by atoms with Crippen LogP contribution in [0.15, 0.2) is 29.2 Å². The van der Waals surface area contributed by atoms with Crippen LogP contribution in [0.3, 0.4) is 0 Å². The van der Waals surface area contributed by atoms with Crippen LogP contribution in [0.5, 0.6) is 0 Å². The number of carbonyl (C=O) groups excluding carboxylic acids is 1. The van der Waals surface area contributed by atoms with Crippen LogP contribution in [0.4, 0.5) is 18.9 Å². The average Bonchev–Trinajstić information content (AvgIpc) is 2.28. The van der Waals surface area contributed by atoms with Gasteiger partial charge >= 0.3 is 11.5 Å². The normalized spacial score (nSPS) is 12.9. The highest BCUT2D eigenvalue weighted by molar-refractivity contribution is 8.00. The van der Waals surface area contributed by atoms with E-state index >= 15 is 0 Å². The Morgan fingerprint density at radius 3 is 2.33 bits per heavy atom. The summed E-state index contributed by atoms with van der Waals surface area (Å²) in [4.78, 5) is 11.2. The summed E-state index contributed by atoms with van der Waals surface area (Å²) < 4.78 is 40.8. The van der Waals surface area contributed by atoms with Crippen molar-refractivity contribution in [2.75, 3.05) is 12.4 Å². The van der Waals surface area contributed by atoms with Gasteiger partial charge in [0.25, 0.3) is 0 Å². The van der Waals surface area contributed by atoms with Crippen molar-refractivity contribution in [1.82, 2.24) is 0 Å². The van der Waals surface area contributed by atoms with Gasteiger partial charge in [0.15, 0.2) is 0 Å². The highest BCUT2D eigenvalue weighted by atomic mass is 32.2. The molecule has 0 radical (unpaired) electrons. The molecule has 1 rings (SSSR count). The van der Waals surface area contributed by atoms with E-state index in [1.807, 2.05) is 0 Å². The van der Waals surface area contributed by atoms with Crippen molar-refractivity contribution in [1.29, 1.82) is 0 Å². The molecule has 1 aromatic rings. The smallest absolute Gasteiger partial charge is 0.446 e. The molecular weight excluding hydrogens is 267 g/mol. The van der Waals surface area contributed by atoms with Gasteiger partial charge in [-0.05, 0) is 43.0 Å². The molecule has 1 atom stereocenters. The lowest BCUT2D eigenvalue weighted by atomic mass is 10.2. The van der Waals surface area contributed by atoms with E-state index in [1.54, 1.807) is 6.92 Å². The predicted octanol–water partition coefficient (Wildman–Crippen LogP) is 3.27. The van der Waals surface area contributed by atoms with E-state index in [0.29, 0.717) is 5.69 Å². The molecule has 7 heteroatoms. The summed E-state index contributed by atoms with van der Waals surface area (Å²) in [5.41, 5.74) is -3.74. The molecule has 0 aromatic heterocycles. The molecule has 0 aliphatic heterocycles. The van der Waals surface area contributed by atoms with Crippen LogP contribution in [-0.2, 0) is 9.53 Å². The zero-order valence-electron chi connectivity index (χ0n) is 9.75. The third kappa shape index (κ3) is 4.87. The first-order chi connectivity index (χ1) is 8.31. The standard InChI is InChI=1S/C11H12F3NO2S/c1-7(10(16)17-2)15-8-3-5-9(6-4-8)18-11(12,13)14/h3-7,15H,1-2H3. The molecule has 0 fully saturated rings. The van der Waals surface area contributed by atoms with Gasteiger partial charge in [0.05, 0.1) is 7.11 Å². The van der Waals surface area contributed by atoms with Crippen molar-refractivity contribution in [2.24, 2.45) is 0 Å². The van der Waals surface area contributed by atoms with Gasteiger partial charge in [-0.1, -0.05) is 0 Å². The van der Waals surface area contributed by atoms with E-state index in [1.165, 1.54) is 31.4 Å². The van der Waals surface area contributed by atoms with Crippen LogP contribution in [0.25, 0.3) is 0 Å². The fraction of sp³-hybridized carbons (Fsp3) is 0.364. The maximum atomic E-state index is 12.1. The Morgan fingerprint density at radius 1 is 1.33 bits per heavy atom. The topological polar surface area (TPSA) is 38.3 Å². The van der Waals surface area contributed by atoms with Crippen LogP contribution in [0.1, 0.15) is 6.92 Å². The van der Waals surface area contributed by atoms with Crippen LogP contribution in [0, 0.1) is 0 Å². The number of esters is 1. The molecule has 0 aliphatic rings. The lowest BCUT2D eigenvalue weighted by molar-refractivity contribution is -0.141. The van der Waals surface area contributed by atoms with E-state index in [2.05, 4.69) is 10.1 Å². The molecule has 0 aliphatic carbocycles. The molecule has 1 unspecified atom stereocenters. The maximum absolute atomic E-state index is 12.1. The second-order valence-corrected chi connectivity index (χ2v) is 4.60. The Kier molecular flexibility index (Phi) is 4.89. The van der Waals surface area contributed by atoms with E-state index in [-0.39, 0.29) is 16.7 Å². The zero-order chi connectivity index (χ0) is 13.8. The van der Waals surface area contributed by atoms with Gasteiger partial charge in [-0.25, -0.2) is 4.79 Å². The number of ether oxygens (including phenoxy) is 1. The average molecular weight is 279 g/mol. The number of carbonyl (C=O) groups is 1. The van der Waals surface area contributed by atoms with Gasteiger partial charge in [-0.3, -0.25) is 0 Å². The molecule has 100 valence electrons. The summed E-state index contributed by atoms with van der Waals surface area (Å²) in [6, 6.07) is 5.08. The fourth-order valence-electron chi connectivity index (χ4n) is 1.24. The van der Waals surface area contributed by atoms with Gasteiger partial charge in [0.1, 0.15) is 6.04 Å². The SMILES string of the molecule is COC(=O)C(C)Nc1ccc(SC(F)(F)F)cc1. The number of benzene rings is 1. The van der Waals surface area contributed by atoms with Crippen molar-refractivity contribution in [3.05, 3.63) is 24.3 Å². The first-order valence-electron chi connectivity index (χ1n) is 5.02. The van der Waals surface area contributed by atoms with Gasteiger partial charge in [0, 0.05) is 10.6 Å². The second-order valence-electron chi connectivity index (χ2n) is 3.46. The number of methoxy groups -OCH3 is 1. The number of halogens is 3. The summed E-state index contributed by atoms with van der Waals surface area (Å²) in [5, 5.41) is 2.82. The highest BCUT2D eigenvalue weighted by Crippen LogP contribution is 2.37. The van der Waals surface area contributed by atoms with Crippen molar-refractivity contribution >= 4 is 23.4 Å². The Morgan fingerprint density at radius 2 is 1.89 bits per heavy atom. The first kappa shape index (κ1) is 14.7. The predicted molar refractivity (Wildman–Crippen MR) is 63.5 cm³/mol. The van der Waals surface area contributed by atoms with E-state index in [0.717, 1.165) is 0 Å². The van der Waals surface area contributed by atoms with Gasteiger partial charge in [-0.15, -0.1) is 0 Å². The van der Waals surface area contributed by atoms with Crippen molar-refractivity contribution in [3.63, 3.8) is 0 Å². The Bertz CT molecular complexity index is 406. The summed E-state index contributed by atoms with van der Waals surface area (Å²) in [6.07, 6.45) is 0. The molecule has 0 saturated heterocycles. The molecule has 0 bridgehead atoms. The van der Waals surface area contributed by atoms with Gasteiger partial charge < -0.3 is 10.1 Å². The third-order valence-corrected chi connectivity index (χ3v) is 2.77. The van der Waals surface area contributed by atoms with Crippen LogP contribution < -0.4 is 5.32 Å². The molecule has 1 aromatic carbocycles. The molecule has 18 heavy (non-hydrogen) atoms. The maximum Gasteiger partial charge on any atom is 0.446 e. The lowest BCUT2D eigenvalue weighted by Crippen LogP contribution is -2.27. The molecule has 0 heterocycles. The molecule has 3 nitrogen and oxygen atoms in total. The fourth-order valence-corrected chi connectivity index (χ4v) is 1.78. The summed E-state index contributed by atoms with van der Waals surface area (Å²) in [7, 11) is 1.27. The number of nitrogens with one attached hydrogen (secondary N) is 1. The second kappa shape index (κ2) is 5.99. The van der Waals surface area contributed by atoms with E-state index < -0.39 is 17.5 Å². The summed E-state index contributed by atoms with van der Waals surface area (Å²) in [5.74, 6) is -0.441. The third-order valence-electron chi connectivity index (χ3n) is 2.03. The van der Waals surface area contributed by atoms with Crippen molar-refractivity contribution < 1.29 is 22.7 Å². The van der Waals surface area contributed by atoms with Crippen LogP contribution >= 0.6 is 11.8 Å². The number of hydrogen-bond donors (Lipinski definition) is 1. The van der Waals surface area contributed by atoms with E-state index in [4.69, 9.17) is 0 Å². The quantitative estimate of drug-likeness (QED) is 0.678. The Hall–Kier alpha value is -1.37. The largest absolute Gasteiger partial charge is 0.467 e. The number of hydrogen-bond acceptors (Lipinski definition) is 4. The molecule has 0 amide bonds. The minimum Gasteiger partial charge on any atom is -0.467 e. The van der Waals surface area contributed by atoms with Gasteiger partial charge in [0.2, 0.25) is 0 Å². The Balaban J connectivity index is 2.63. The number of anilines is 1. The number of rotatable bonds is 4. The highest BCUT2D eigenvalue weighted by Gasteiger charge is 2.29. The first-order valence-corrected chi connectivity index (χ1v) is 5.83. The molecule has 1 N–H and O–H groups in total. The van der Waals surface area contributed by atoms with Crippen LogP contribution in [-0.4, -0.2) is 24.6 Å². The molecule has 0 spiro atoms. The number of alkyl halides is 3. The molecule has 0 saturated carbocycles. The Labute approximate surface area is 107 Å². The minimum atomic E-state index is -4.30. The lowest BCUT2D eigenvalue weighted by Gasteiger charge is -2.13. The monoisotopic (exact) mass is 279 g/mol. The number of thioether (sulfide) groups is 1. The van der Waals surface area contributed by atoms with Crippen molar-refractivity contribution in [3.8, 4) is 0 Å². The minimum absolute atomic E-state index is 0.0961. The zero-order valence-corrected chi connectivity index (χ0v) is 10.6. The van der Waals surface area contributed by atoms with E-state index in [9.17, 15) is 18.0 Å².